The molecule has 0 amide bonds. The lowest BCUT2D eigenvalue weighted by Gasteiger charge is -1.96. The number of H-pyrrole nitrogens is 1. The van der Waals surface area contributed by atoms with Gasteiger partial charge in [0.25, 0.3) is 0 Å². The molecule has 0 saturated heterocycles. The van der Waals surface area contributed by atoms with Gasteiger partial charge in [-0.2, -0.15) is 5.26 Å². The van der Waals surface area contributed by atoms with Crippen LogP contribution in [0, 0.1) is 15.8 Å². The van der Waals surface area contributed by atoms with Crippen molar-refractivity contribution in [3.63, 3.8) is 0 Å². The van der Waals surface area contributed by atoms with E-state index in [1.165, 1.54) is 12.3 Å². The molecule has 1 aromatic rings. The summed E-state index contributed by atoms with van der Waals surface area (Å²) in [6.07, 6.45) is 1.40. The first-order chi connectivity index (χ1) is 5.66. The minimum Gasteiger partial charge on any atom is -0.477 e. The van der Waals surface area contributed by atoms with Crippen LogP contribution >= 0.6 is 12.2 Å². The molecule has 5 heteroatoms. The van der Waals surface area contributed by atoms with E-state index in [1.807, 2.05) is 0 Å². The van der Waals surface area contributed by atoms with Gasteiger partial charge in [-0.05, 0) is 6.07 Å². The number of aromatic nitrogens is 1. The van der Waals surface area contributed by atoms with Gasteiger partial charge in [0, 0.05) is 6.20 Å². The zero-order valence-electron chi connectivity index (χ0n) is 5.87. The third-order valence-electron chi connectivity index (χ3n) is 1.28. The summed E-state index contributed by atoms with van der Waals surface area (Å²) in [6.45, 7) is 0. The SMILES string of the molecule is N#Cc1c(C(=O)O)[nH]ccc1=S. The lowest BCUT2D eigenvalue weighted by Crippen LogP contribution is -2.03. The van der Waals surface area contributed by atoms with Gasteiger partial charge >= 0.3 is 5.97 Å². The zero-order chi connectivity index (χ0) is 9.14. The van der Waals surface area contributed by atoms with Crippen LogP contribution in [0.3, 0.4) is 0 Å². The Morgan fingerprint density at radius 2 is 2.42 bits per heavy atom. The van der Waals surface area contributed by atoms with Crippen molar-refractivity contribution in [2.45, 2.75) is 0 Å². The second-order valence-electron chi connectivity index (χ2n) is 2.01. The van der Waals surface area contributed by atoms with E-state index in [1.54, 1.807) is 6.07 Å². The maximum Gasteiger partial charge on any atom is 0.353 e. The number of hydrogen-bond donors (Lipinski definition) is 2. The minimum atomic E-state index is -1.18. The molecule has 0 unspecified atom stereocenters. The summed E-state index contributed by atoms with van der Waals surface area (Å²) in [5.74, 6) is -1.18. The van der Waals surface area contributed by atoms with Gasteiger partial charge < -0.3 is 10.1 Å². The molecule has 0 aromatic carbocycles. The topological polar surface area (TPSA) is 76.9 Å². The summed E-state index contributed by atoms with van der Waals surface area (Å²) >= 11 is 4.75. The minimum absolute atomic E-state index is 0.000000000000000222. The van der Waals surface area contributed by atoms with E-state index in [4.69, 9.17) is 22.6 Å². The first kappa shape index (κ1) is 8.43. The van der Waals surface area contributed by atoms with Gasteiger partial charge in [-0.1, -0.05) is 12.2 Å². The maximum absolute atomic E-state index is 10.5. The van der Waals surface area contributed by atoms with Gasteiger partial charge in [0.05, 0.1) is 4.51 Å². The highest BCUT2D eigenvalue weighted by atomic mass is 32.1. The quantitative estimate of drug-likeness (QED) is 0.639. The fourth-order valence-electron chi connectivity index (χ4n) is 0.759. The normalized spacial score (nSPS) is 8.92. The van der Waals surface area contributed by atoms with Crippen molar-refractivity contribution in [1.29, 1.82) is 5.26 Å². The van der Waals surface area contributed by atoms with Crippen molar-refractivity contribution in [1.82, 2.24) is 4.98 Å². The Bertz CT molecular complexity index is 416. The molecule has 0 aliphatic carbocycles. The van der Waals surface area contributed by atoms with Crippen LogP contribution in [0.15, 0.2) is 12.3 Å². The van der Waals surface area contributed by atoms with Crippen LogP contribution in [-0.2, 0) is 0 Å². The zero-order valence-corrected chi connectivity index (χ0v) is 6.68. The van der Waals surface area contributed by atoms with E-state index in [9.17, 15) is 4.79 Å². The van der Waals surface area contributed by atoms with E-state index in [2.05, 4.69) is 4.98 Å². The molecule has 0 atom stereocenters. The van der Waals surface area contributed by atoms with Crippen LogP contribution in [0.5, 0.6) is 0 Å². The van der Waals surface area contributed by atoms with Gasteiger partial charge in [-0.3, -0.25) is 0 Å². The van der Waals surface area contributed by atoms with E-state index < -0.39 is 5.97 Å². The molecule has 1 aromatic heterocycles. The molecule has 0 saturated carbocycles. The second kappa shape index (κ2) is 3.15. The van der Waals surface area contributed by atoms with Crippen molar-refractivity contribution in [3.05, 3.63) is 28.0 Å². The number of carboxylic acid groups (broad SMARTS) is 1. The molecule has 4 nitrogen and oxygen atoms in total. The van der Waals surface area contributed by atoms with Crippen molar-refractivity contribution in [2.75, 3.05) is 0 Å². The molecule has 0 aliphatic heterocycles. The molecular weight excluding hydrogens is 176 g/mol. The molecule has 12 heavy (non-hydrogen) atoms. The average molecular weight is 180 g/mol. The van der Waals surface area contributed by atoms with Crippen LogP contribution in [0.2, 0.25) is 0 Å². The number of hydrogen-bond acceptors (Lipinski definition) is 3. The Hall–Kier alpha value is -1.67. The molecule has 60 valence electrons. The maximum atomic E-state index is 10.5. The third kappa shape index (κ3) is 1.33. The van der Waals surface area contributed by atoms with E-state index in [0.717, 1.165) is 0 Å². The van der Waals surface area contributed by atoms with Crippen LogP contribution in [0.4, 0.5) is 0 Å². The molecule has 1 rings (SSSR count). The first-order valence-corrected chi connectivity index (χ1v) is 3.42. The van der Waals surface area contributed by atoms with Crippen LogP contribution in [0.1, 0.15) is 16.1 Å². The average Bonchev–Trinajstić information content (AvgIpc) is 2.03. The van der Waals surface area contributed by atoms with Crippen LogP contribution in [-0.4, -0.2) is 16.1 Å². The summed E-state index contributed by atoms with van der Waals surface area (Å²) in [7, 11) is 0. The van der Waals surface area contributed by atoms with E-state index >= 15 is 0 Å². The number of rotatable bonds is 1. The monoisotopic (exact) mass is 180 g/mol. The number of nitrogens with zero attached hydrogens (tertiary/aromatic N) is 1. The number of aromatic carboxylic acids is 1. The predicted molar refractivity (Wildman–Crippen MR) is 43.3 cm³/mol. The Balaban J connectivity index is 3.51. The molecule has 1 heterocycles. The first-order valence-electron chi connectivity index (χ1n) is 3.02. The second-order valence-corrected chi connectivity index (χ2v) is 2.45. The van der Waals surface area contributed by atoms with Crippen LogP contribution in [0.25, 0.3) is 0 Å². The van der Waals surface area contributed by atoms with Crippen LogP contribution < -0.4 is 0 Å². The van der Waals surface area contributed by atoms with Crippen molar-refractivity contribution >= 4 is 18.2 Å². The highest BCUT2D eigenvalue weighted by Crippen LogP contribution is 2.05. The third-order valence-corrected chi connectivity index (χ3v) is 1.62. The molecule has 0 aliphatic rings. The summed E-state index contributed by atoms with van der Waals surface area (Å²) in [6, 6.07) is 3.20. The lowest BCUT2D eigenvalue weighted by atomic mass is 10.2. The Labute approximate surface area is 73.1 Å². The fraction of sp³-hybridized carbons (Fsp3) is 0. The van der Waals surface area contributed by atoms with Gasteiger partial charge in [0.15, 0.2) is 0 Å². The Kier molecular flexibility index (Phi) is 2.21. The van der Waals surface area contributed by atoms with Gasteiger partial charge in [0.2, 0.25) is 0 Å². The summed E-state index contributed by atoms with van der Waals surface area (Å²) in [5.41, 5.74) is -0.162. The highest BCUT2D eigenvalue weighted by Gasteiger charge is 2.10. The number of nitrogens with one attached hydrogen (secondary N) is 1. The Morgan fingerprint density at radius 1 is 1.75 bits per heavy atom. The number of carboxylic acids is 1. The number of aromatic amines is 1. The van der Waals surface area contributed by atoms with Crippen molar-refractivity contribution in [3.8, 4) is 6.07 Å². The smallest absolute Gasteiger partial charge is 0.353 e. The van der Waals surface area contributed by atoms with Crippen molar-refractivity contribution < 1.29 is 9.90 Å². The number of pyridine rings is 1. The highest BCUT2D eigenvalue weighted by molar-refractivity contribution is 7.71. The summed E-state index contributed by atoms with van der Waals surface area (Å²) in [4.78, 5) is 12.9. The molecule has 0 fully saturated rings. The lowest BCUT2D eigenvalue weighted by molar-refractivity contribution is 0.0690. The van der Waals surface area contributed by atoms with Crippen molar-refractivity contribution in [2.24, 2.45) is 0 Å². The molecule has 0 radical (unpaired) electrons. The summed E-state index contributed by atoms with van der Waals surface area (Å²) in [5, 5.41) is 17.1. The number of carbonyl (C=O) groups is 1. The largest absolute Gasteiger partial charge is 0.477 e. The van der Waals surface area contributed by atoms with E-state index in [-0.39, 0.29) is 15.8 Å². The molecule has 2 N–H and O–H groups in total. The van der Waals surface area contributed by atoms with Gasteiger partial charge in [0.1, 0.15) is 17.3 Å². The molecule has 0 spiro atoms. The molecule has 0 bridgehead atoms. The van der Waals surface area contributed by atoms with E-state index in [0.29, 0.717) is 0 Å². The van der Waals surface area contributed by atoms with Gasteiger partial charge in [-0.15, -0.1) is 0 Å². The number of nitriles is 1. The summed E-state index contributed by atoms with van der Waals surface area (Å²) < 4.78 is 0.244. The molecular formula is C7H4N2O2S. The van der Waals surface area contributed by atoms with Gasteiger partial charge in [-0.25, -0.2) is 4.79 Å². The Morgan fingerprint density at radius 3 is 2.83 bits per heavy atom. The standard InChI is InChI=1S/C7H4N2O2S/c8-3-4-5(12)1-2-9-6(4)7(10)11/h1-2H,(H,9,12)(H,10,11). The predicted octanol–water partition coefficient (Wildman–Crippen LogP) is 1.31. The fourth-order valence-corrected chi connectivity index (χ4v) is 0.975.